The molecule has 1 rings (SSSR count). The molecular formula is C11H9F3N2O2S. The zero-order valence-electron chi connectivity index (χ0n) is 9.75. The summed E-state index contributed by atoms with van der Waals surface area (Å²) in [5, 5.41) is 8.89. The van der Waals surface area contributed by atoms with E-state index in [-0.39, 0.29) is 17.7 Å². The number of alkyl halides is 3. The number of hydrogen-bond acceptors (Lipinski definition) is 5. The number of thioether (sulfide) groups is 1. The van der Waals surface area contributed by atoms with E-state index in [2.05, 4.69) is 4.74 Å². The Balaban J connectivity index is 3.47. The monoisotopic (exact) mass is 290 g/mol. The molecule has 102 valence electrons. The molecule has 0 aliphatic carbocycles. The third kappa shape index (κ3) is 3.87. The predicted octanol–water partition coefficient (Wildman–Crippen LogP) is 2.42. The van der Waals surface area contributed by atoms with Crippen LogP contribution >= 0.6 is 11.8 Å². The van der Waals surface area contributed by atoms with Gasteiger partial charge in [-0.2, -0.15) is 18.4 Å². The lowest BCUT2D eigenvalue weighted by atomic mass is 10.1. The van der Waals surface area contributed by atoms with Crippen LogP contribution in [0.3, 0.4) is 0 Å². The van der Waals surface area contributed by atoms with Crippen molar-refractivity contribution in [2.24, 2.45) is 5.73 Å². The van der Waals surface area contributed by atoms with Gasteiger partial charge in [0, 0.05) is 11.4 Å². The Bertz CT molecular complexity index is 538. The number of rotatable bonds is 3. The smallest absolute Gasteiger partial charge is 0.446 e. The molecule has 0 saturated carbocycles. The van der Waals surface area contributed by atoms with Crippen LogP contribution in [-0.4, -0.2) is 18.6 Å². The summed E-state index contributed by atoms with van der Waals surface area (Å²) in [7, 11) is 1.05. The van der Waals surface area contributed by atoms with E-state index < -0.39 is 28.1 Å². The Morgan fingerprint density at radius 1 is 1.53 bits per heavy atom. The molecule has 1 aromatic carbocycles. The van der Waals surface area contributed by atoms with Crippen LogP contribution in [0.4, 0.5) is 13.2 Å². The largest absolute Gasteiger partial charge is 0.465 e. The van der Waals surface area contributed by atoms with Crippen molar-refractivity contribution in [3.63, 3.8) is 0 Å². The van der Waals surface area contributed by atoms with Crippen molar-refractivity contribution in [1.82, 2.24) is 0 Å². The normalized spacial score (nSPS) is 10.9. The molecule has 1 aromatic rings. The number of esters is 1. The van der Waals surface area contributed by atoms with Crippen molar-refractivity contribution in [2.45, 2.75) is 16.9 Å². The van der Waals surface area contributed by atoms with Gasteiger partial charge >= 0.3 is 11.5 Å². The van der Waals surface area contributed by atoms with Gasteiger partial charge in [0.1, 0.15) is 6.07 Å². The van der Waals surface area contributed by atoms with Crippen LogP contribution in [0.25, 0.3) is 0 Å². The lowest BCUT2D eigenvalue weighted by molar-refractivity contribution is -0.0328. The summed E-state index contributed by atoms with van der Waals surface area (Å²) in [5.74, 6) is -0.946. The van der Waals surface area contributed by atoms with Gasteiger partial charge in [0.15, 0.2) is 0 Å². The first-order chi connectivity index (χ1) is 8.82. The van der Waals surface area contributed by atoms with Crippen LogP contribution in [0, 0.1) is 11.3 Å². The number of methoxy groups -OCH3 is 1. The van der Waals surface area contributed by atoms with Crippen LogP contribution in [0.1, 0.15) is 21.5 Å². The summed E-state index contributed by atoms with van der Waals surface area (Å²) in [6.07, 6.45) is 0. The molecule has 0 aromatic heterocycles. The number of halogens is 3. The zero-order chi connectivity index (χ0) is 14.6. The van der Waals surface area contributed by atoms with Gasteiger partial charge in [-0.25, -0.2) is 4.79 Å². The lowest BCUT2D eigenvalue weighted by Gasteiger charge is -2.13. The van der Waals surface area contributed by atoms with E-state index in [9.17, 15) is 18.0 Å². The molecule has 0 bridgehead atoms. The zero-order valence-corrected chi connectivity index (χ0v) is 10.6. The minimum atomic E-state index is -4.61. The van der Waals surface area contributed by atoms with Crippen molar-refractivity contribution in [2.75, 3.05) is 7.11 Å². The number of carbonyl (C=O) groups excluding carboxylic acids is 1. The van der Waals surface area contributed by atoms with Crippen LogP contribution in [0.2, 0.25) is 0 Å². The second-order valence-electron chi connectivity index (χ2n) is 3.38. The fraction of sp³-hybridized carbons (Fsp3) is 0.273. The number of nitrogens with two attached hydrogens (primary N) is 1. The van der Waals surface area contributed by atoms with Crippen LogP contribution < -0.4 is 5.73 Å². The van der Waals surface area contributed by atoms with Crippen molar-refractivity contribution in [3.8, 4) is 6.07 Å². The van der Waals surface area contributed by atoms with Gasteiger partial charge in [0.2, 0.25) is 0 Å². The molecule has 0 atom stereocenters. The van der Waals surface area contributed by atoms with Gasteiger partial charge < -0.3 is 10.5 Å². The molecule has 0 saturated heterocycles. The summed E-state index contributed by atoms with van der Waals surface area (Å²) in [5.41, 5.74) is 0.562. The van der Waals surface area contributed by atoms with E-state index in [1.807, 2.05) is 0 Å². The van der Waals surface area contributed by atoms with E-state index in [4.69, 9.17) is 11.0 Å². The molecule has 0 amide bonds. The Morgan fingerprint density at radius 3 is 2.58 bits per heavy atom. The molecule has 19 heavy (non-hydrogen) atoms. The molecular weight excluding hydrogens is 281 g/mol. The lowest BCUT2D eigenvalue weighted by Crippen LogP contribution is -2.10. The topological polar surface area (TPSA) is 76.1 Å². The number of benzene rings is 1. The summed E-state index contributed by atoms with van der Waals surface area (Å²) < 4.78 is 41.8. The minimum absolute atomic E-state index is 0.00433. The van der Waals surface area contributed by atoms with E-state index in [0.717, 1.165) is 7.11 Å². The molecule has 8 heteroatoms. The highest BCUT2D eigenvalue weighted by molar-refractivity contribution is 8.00. The minimum Gasteiger partial charge on any atom is -0.465 e. The summed E-state index contributed by atoms with van der Waals surface area (Å²) >= 11 is -0.523. The number of nitriles is 1. The number of nitrogens with zero attached hydrogens (tertiary/aromatic N) is 1. The maximum Gasteiger partial charge on any atom is 0.446 e. The molecule has 0 aliphatic rings. The molecule has 0 unspecified atom stereocenters. The van der Waals surface area contributed by atoms with Gasteiger partial charge in [-0.1, -0.05) is 0 Å². The first kappa shape index (κ1) is 15.3. The van der Waals surface area contributed by atoms with Gasteiger partial charge in [-0.3, -0.25) is 0 Å². The molecule has 0 aliphatic heterocycles. The highest BCUT2D eigenvalue weighted by Gasteiger charge is 2.33. The predicted molar refractivity (Wildman–Crippen MR) is 62.3 cm³/mol. The third-order valence-corrected chi connectivity index (χ3v) is 3.00. The van der Waals surface area contributed by atoms with Gasteiger partial charge in [-0.15, -0.1) is 0 Å². The molecule has 0 radical (unpaired) electrons. The average Bonchev–Trinajstić information content (AvgIpc) is 2.36. The average molecular weight is 290 g/mol. The Labute approximate surface area is 111 Å². The number of ether oxygens (including phenoxy) is 1. The third-order valence-electron chi connectivity index (χ3n) is 2.13. The van der Waals surface area contributed by atoms with Crippen molar-refractivity contribution < 1.29 is 22.7 Å². The first-order valence-electron chi connectivity index (χ1n) is 4.93. The maximum atomic E-state index is 12.5. The van der Waals surface area contributed by atoms with Crippen LogP contribution in [0.5, 0.6) is 0 Å². The maximum absolute atomic E-state index is 12.5. The molecule has 2 N–H and O–H groups in total. The summed E-state index contributed by atoms with van der Waals surface area (Å²) in [4.78, 5) is 11.0. The first-order valence-corrected chi connectivity index (χ1v) is 5.75. The van der Waals surface area contributed by atoms with Crippen LogP contribution in [0.15, 0.2) is 17.0 Å². The highest BCUT2D eigenvalue weighted by atomic mass is 32.2. The van der Waals surface area contributed by atoms with Crippen molar-refractivity contribution in [1.29, 1.82) is 5.26 Å². The summed E-state index contributed by atoms with van der Waals surface area (Å²) in [6, 6.07) is 4.05. The van der Waals surface area contributed by atoms with Gasteiger partial charge in [0.05, 0.1) is 18.2 Å². The second-order valence-corrected chi connectivity index (χ2v) is 4.45. The number of hydrogen-bond donors (Lipinski definition) is 1. The van der Waals surface area contributed by atoms with Crippen molar-refractivity contribution >= 4 is 17.7 Å². The number of carbonyl (C=O) groups is 1. The quantitative estimate of drug-likeness (QED) is 0.683. The standard InChI is InChI=1S/C11H9F3N2O2S/c1-18-10(17)8-3-6(4-15)2-7(5-16)9(8)19-11(12,13)14/h2-3H,4,15H2,1H3. The summed E-state index contributed by atoms with van der Waals surface area (Å²) in [6.45, 7) is -0.00433. The second kappa shape index (κ2) is 5.95. The SMILES string of the molecule is COC(=O)c1cc(CN)cc(C#N)c1SC(F)(F)F. The van der Waals surface area contributed by atoms with E-state index in [0.29, 0.717) is 5.56 Å². The molecule has 4 nitrogen and oxygen atoms in total. The van der Waals surface area contributed by atoms with E-state index >= 15 is 0 Å². The Hall–Kier alpha value is -1.72. The molecule has 0 fully saturated rings. The van der Waals surface area contributed by atoms with E-state index in [1.165, 1.54) is 12.1 Å². The van der Waals surface area contributed by atoms with Crippen LogP contribution in [-0.2, 0) is 11.3 Å². The van der Waals surface area contributed by atoms with Crippen molar-refractivity contribution in [3.05, 3.63) is 28.8 Å². The fourth-order valence-corrected chi connectivity index (χ4v) is 2.07. The van der Waals surface area contributed by atoms with E-state index in [1.54, 1.807) is 6.07 Å². The fourth-order valence-electron chi connectivity index (χ4n) is 1.38. The Morgan fingerprint density at radius 2 is 2.16 bits per heavy atom. The molecule has 0 spiro atoms. The van der Waals surface area contributed by atoms with Gasteiger partial charge in [-0.05, 0) is 29.5 Å². The highest BCUT2D eigenvalue weighted by Crippen LogP contribution is 2.40. The molecule has 0 heterocycles. The Kier molecular flexibility index (Phi) is 4.80. The van der Waals surface area contributed by atoms with Gasteiger partial charge in [0.25, 0.3) is 0 Å².